The molecule has 0 saturated heterocycles. The number of anilines is 1. The highest BCUT2D eigenvalue weighted by Gasteiger charge is 2.14. The van der Waals surface area contributed by atoms with E-state index >= 15 is 0 Å². The van der Waals surface area contributed by atoms with Crippen LogP contribution in [0.2, 0.25) is 0 Å². The van der Waals surface area contributed by atoms with Crippen LogP contribution < -0.4 is 10.2 Å². The molecular weight excluding hydrogens is 260 g/mol. The lowest BCUT2D eigenvalue weighted by atomic mass is 10.0. The summed E-state index contributed by atoms with van der Waals surface area (Å²) < 4.78 is 0. The molecule has 0 heterocycles. The fourth-order valence-electron chi connectivity index (χ4n) is 2.79. The van der Waals surface area contributed by atoms with Gasteiger partial charge in [0.05, 0.1) is 0 Å². The van der Waals surface area contributed by atoms with Gasteiger partial charge in [-0.25, -0.2) is 0 Å². The van der Waals surface area contributed by atoms with E-state index in [4.69, 9.17) is 0 Å². The summed E-state index contributed by atoms with van der Waals surface area (Å²) in [5.41, 5.74) is 2.09. The van der Waals surface area contributed by atoms with Crippen molar-refractivity contribution in [3.63, 3.8) is 0 Å². The minimum absolute atomic E-state index is 0.179. The van der Waals surface area contributed by atoms with Crippen molar-refractivity contribution in [1.82, 2.24) is 5.32 Å². The number of nitrogens with one attached hydrogen (secondary N) is 1. The van der Waals surface area contributed by atoms with E-state index in [9.17, 15) is 5.11 Å². The summed E-state index contributed by atoms with van der Waals surface area (Å²) in [6, 6.07) is 6.27. The number of nitrogens with zero attached hydrogens (tertiary/aromatic N) is 1. The molecule has 0 spiro atoms. The SMILES string of the molecule is CCNC(C)c1ccc(N(CC)CC(CC)CC)cc1O. The lowest BCUT2D eigenvalue weighted by molar-refractivity contribution is 0.453. The predicted molar refractivity (Wildman–Crippen MR) is 92.2 cm³/mol. The molecule has 0 amide bonds. The van der Waals surface area contributed by atoms with Crippen molar-refractivity contribution in [2.45, 2.75) is 53.5 Å². The summed E-state index contributed by atoms with van der Waals surface area (Å²) in [5.74, 6) is 1.11. The Hall–Kier alpha value is -1.22. The number of phenolic OH excluding ortho intramolecular Hbond substituents is 1. The van der Waals surface area contributed by atoms with E-state index in [1.807, 2.05) is 12.1 Å². The monoisotopic (exact) mass is 292 g/mol. The van der Waals surface area contributed by atoms with Gasteiger partial charge in [-0.2, -0.15) is 0 Å². The smallest absolute Gasteiger partial charge is 0.122 e. The van der Waals surface area contributed by atoms with Gasteiger partial charge in [0.15, 0.2) is 0 Å². The van der Waals surface area contributed by atoms with Crippen LogP contribution in [-0.4, -0.2) is 24.7 Å². The third kappa shape index (κ3) is 4.92. The molecule has 0 aliphatic rings. The quantitative estimate of drug-likeness (QED) is 0.711. The standard InChI is InChI=1S/C18H32N2O/c1-6-15(7-2)13-20(9-4)16-10-11-17(18(21)12-16)14(5)19-8-3/h10-12,14-15,19,21H,6-9,13H2,1-5H3. The van der Waals surface area contributed by atoms with Crippen LogP contribution in [0.25, 0.3) is 0 Å². The lowest BCUT2D eigenvalue weighted by Crippen LogP contribution is -2.29. The summed E-state index contributed by atoms with van der Waals surface area (Å²) in [4.78, 5) is 2.36. The molecule has 120 valence electrons. The lowest BCUT2D eigenvalue weighted by Gasteiger charge is -2.28. The maximum Gasteiger partial charge on any atom is 0.122 e. The first kappa shape index (κ1) is 17.8. The highest BCUT2D eigenvalue weighted by Crippen LogP contribution is 2.29. The summed E-state index contributed by atoms with van der Waals surface area (Å²) in [7, 11) is 0. The van der Waals surface area contributed by atoms with Gasteiger partial charge in [0, 0.05) is 36.4 Å². The highest BCUT2D eigenvalue weighted by molar-refractivity contribution is 5.54. The van der Waals surface area contributed by atoms with Gasteiger partial charge in [-0.15, -0.1) is 0 Å². The minimum atomic E-state index is 0.179. The fraction of sp³-hybridized carbons (Fsp3) is 0.667. The molecule has 0 aliphatic heterocycles. The molecule has 21 heavy (non-hydrogen) atoms. The highest BCUT2D eigenvalue weighted by atomic mass is 16.3. The van der Waals surface area contributed by atoms with E-state index in [2.05, 4.69) is 50.9 Å². The van der Waals surface area contributed by atoms with Crippen LogP contribution in [0.4, 0.5) is 5.69 Å². The Morgan fingerprint density at radius 1 is 1.14 bits per heavy atom. The van der Waals surface area contributed by atoms with Crippen LogP contribution in [-0.2, 0) is 0 Å². The molecule has 1 unspecified atom stereocenters. The second-order valence-corrected chi connectivity index (χ2v) is 5.74. The van der Waals surface area contributed by atoms with Crippen molar-refractivity contribution in [3.05, 3.63) is 23.8 Å². The molecule has 0 aromatic heterocycles. The predicted octanol–water partition coefficient (Wildman–Crippen LogP) is 4.33. The molecule has 3 nitrogen and oxygen atoms in total. The van der Waals surface area contributed by atoms with Crippen LogP contribution >= 0.6 is 0 Å². The average molecular weight is 292 g/mol. The molecule has 0 bridgehead atoms. The summed E-state index contributed by atoms with van der Waals surface area (Å²) >= 11 is 0. The van der Waals surface area contributed by atoms with E-state index in [1.165, 1.54) is 12.8 Å². The van der Waals surface area contributed by atoms with E-state index < -0.39 is 0 Å². The molecule has 1 aromatic carbocycles. The van der Waals surface area contributed by atoms with Crippen LogP contribution in [0.1, 0.15) is 59.1 Å². The average Bonchev–Trinajstić information content (AvgIpc) is 2.48. The van der Waals surface area contributed by atoms with Crippen LogP contribution in [0, 0.1) is 5.92 Å². The molecule has 0 aliphatic carbocycles. The summed E-state index contributed by atoms with van der Waals surface area (Å²) in [5, 5.41) is 13.7. The first-order chi connectivity index (χ1) is 10.1. The molecule has 3 heteroatoms. The van der Waals surface area contributed by atoms with Crippen LogP contribution in [0.15, 0.2) is 18.2 Å². The topological polar surface area (TPSA) is 35.5 Å². The van der Waals surface area contributed by atoms with Crippen molar-refractivity contribution in [2.24, 2.45) is 5.92 Å². The van der Waals surface area contributed by atoms with Crippen LogP contribution in [0.3, 0.4) is 0 Å². The second-order valence-electron chi connectivity index (χ2n) is 5.74. The van der Waals surface area contributed by atoms with Gasteiger partial charge >= 0.3 is 0 Å². The molecule has 0 radical (unpaired) electrons. The summed E-state index contributed by atoms with van der Waals surface area (Å²) in [6.45, 7) is 13.8. The molecule has 1 aromatic rings. The number of hydrogen-bond acceptors (Lipinski definition) is 3. The Morgan fingerprint density at radius 3 is 2.29 bits per heavy atom. The zero-order valence-electron chi connectivity index (χ0n) is 14.3. The molecule has 0 fully saturated rings. The third-order valence-corrected chi connectivity index (χ3v) is 4.37. The van der Waals surface area contributed by atoms with Crippen molar-refractivity contribution < 1.29 is 5.11 Å². The Kier molecular flexibility index (Phi) is 7.58. The van der Waals surface area contributed by atoms with Gasteiger partial charge in [0.1, 0.15) is 5.75 Å². The minimum Gasteiger partial charge on any atom is -0.508 e. The first-order valence-corrected chi connectivity index (χ1v) is 8.38. The van der Waals surface area contributed by atoms with Crippen molar-refractivity contribution in [1.29, 1.82) is 0 Å². The van der Waals surface area contributed by atoms with E-state index in [-0.39, 0.29) is 6.04 Å². The fourth-order valence-corrected chi connectivity index (χ4v) is 2.79. The molecule has 2 N–H and O–H groups in total. The number of benzene rings is 1. The zero-order chi connectivity index (χ0) is 15.8. The van der Waals surface area contributed by atoms with E-state index in [1.54, 1.807) is 0 Å². The Bertz CT molecular complexity index is 416. The summed E-state index contributed by atoms with van der Waals surface area (Å²) in [6.07, 6.45) is 2.41. The van der Waals surface area contributed by atoms with Crippen molar-refractivity contribution in [3.8, 4) is 5.75 Å². The largest absolute Gasteiger partial charge is 0.508 e. The van der Waals surface area contributed by atoms with E-state index in [0.29, 0.717) is 11.7 Å². The normalized spacial score (nSPS) is 12.7. The Morgan fingerprint density at radius 2 is 1.81 bits per heavy atom. The molecular formula is C18H32N2O. The Labute approximate surface area is 130 Å². The van der Waals surface area contributed by atoms with Gasteiger partial charge in [0.2, 0.25) is 0 Å². The van der Waals surface area contributed by atoms with E-state index in [0.717, 1.165) is 30.9 Å². The maximum absolute atomic E-state index is 10.3. The van der Waals surface area contributed by atoms with Gasteiger partial charge < -0.3 is 15.3 Å². The van der Waals surface area contributed by atoms with Crippen molar-refractivity contribution in [2.75, 3.05) is 24.5 Å². The third-order valence-electron chi connectivity index (χ3n) is 4.37. The van der Waals surface area contributed by atoms with Crippen LogP contribution in [0.5, 0.6) is 5.75 Å². The number of aromatic hydroxyl groups is 1. The van der Waals surface area contributed by atoms with Gasteiger partial charge in [-0.3, -0.25) is 0 Å². The molecule has 1 rings (SSSR count). The first-order valence-electron chi connectivity index (χ1n) is 8.38. The Balaban J connectivity index is 2.89. The maximum atomic E-state index is 10.3. The van der Waals surface area contributed by atoms with Gasteiger partial charge in [-0.1, -0.05) is 39.7 Å². The number of phenols is 1. The number of rotatable bonds is 9. The second kappa shape index (κ2) is 8.93. The number of hydrogen-bond donors (Lipinski definition) is 2. The molecule has 1 atom stereocenters. The van der Waals surface area contributed by atoms with Gasteiger partial charge in [0.25, 0.3) is 0 Å². The zero-order valence-corrected chi connectivity index (χ0v) is 14.3. The van der Waals surface area contributed by atoms with Crippen molar-refractivity contribution >= 4 is 5.69 Å². The van der Waals surface area contributed by atoms with Gasteiger partial charge in [-0.05, 0) is 32.4 Å². The molecule has 0 saturated carbocycles.